The first kappa shape index (κ1) is 16.1. The van der Waals surface area contributed by atoms with Gasteiger partial charge in [0.15, 0.2) is 0 Å². The van der Waals surface area contributed by atoms with Crippen molar-refractivity contribution in [3.05, 3.63) is 65.7 Å². The molecule has 1 aliphatic heterocycles. The minimum atomic E-state index is -0.876. The van der Waals surface area contributed by atoms with Gasteiger partial charge in [-0.05, 0) is 17.7 Å². The second-order valence-corrected chi connectivity index (χ2v) is 5.87. The number of carboxylic acid groups (broad SMARTS) is 1. The van der Waals surface area contributed by atoms with E-state index in [0.717, 1.165) is 5.56 Å². The fourth-order valence-corrected chi connectivity index (χ4v) is 3.25. The third-order valence-electron chi connectivity index (χ3n) is 4.49. The molecular formula is C19H19NO4. The van der Waals surface area contributed by atoms with Crippen LogP contribution in [-0.4, -0.2) is 42.1 Å². The van der Waals surface area contributed by atoms with Gasteiger partial charge in [0, 0.05) is 19.0 Å². The molecule has 124 valence electrons. The van der Waals surface area contributed by atoms with Crippen molar-refractivity contribution < 1.29 is 19.4 Å². The fourth-order valence-electron chi connectivity index (χ4n) is 3.25. The van der Waals surface area contributed by atoms with Crippen LogP contribution in [0, 0.1) is 5.92 Å². The average Bonchev–Trinajstić information content (AvgIpc) is 3.07. The van der Waals surface area contributed by atoms with E-state index in [9.17, 15) is 14.7 Å². The molecule has 1 saturated heterocycles. The summed E-state index contributed by atoms with van der Waals surface area (Å²) >= 11 is 0. The van der Waals surface area contributed by atoms with Crippen molar-refractivity contribution in [2.75, 3.05) is 20.2 Å². The van der Waals surface area contributed by atoms with Crippen LogP contribution in [0.3, 0.4) is 0 Å². The lowest BCUT2D eigenvalue weighted by molar-refractivity contribution is -0.141. The Balaban J connectivity index is 1.88. The quantitative estimate of drug-likeness (QED) is 0.938. The molecule has 0 saturated carbocycles. The van der Waals surface area contributed by atoms with Gasteiger partial charge >= 0.3 is 5.97 Å². The molecule has 0 aromatic heterocycles. The lowest BCUT2D eigenvalue weighted by atomic mass is 9.89. The maximum absolute atomic E-state index is 12.8. The molecule has 24 heavy (non-hydrogen) atoms. The second kappa shape index (κ2) is 6.74. The van der Waals surface area contributed by atoms with Crippen LogP contribution in [-0.2, 0) is 4.79 Å². The highest BCUT2D eigenvalue weighted by molar-refractivity contribution is 5.97. The van der Waals surface area contributed by atoms with Crippen LogP contribution >= 0.6 is 0 Å². The van der Waals surface area contributed by atoms with Gasteiger partial charge in [-0.1, -0.05) is 42.5 Å². The molecule has 5 nitrogen and oxygen atoms in total. The van der Waals surface area contributed by atoms with Gasteiger partial charge in [-0.3, -0.25) is 9.59 Å². The molecule has 5 heteroatoms. The summed E-state index contributed by atoms with van der Waals surface area (Å²) in [4.78, 5) is 26.1. The molecule has 1 heterocycles. The molecule has 1 fully saturated rings. The van der Waals surface area contributed by atoms with E-state index < -0.39 is 11.9 Å². The lowest BCUT2D eigenvalue weighted by Crippen LogP contribution is -2.30. The number of ether oxygens (including phenoxy) is 1. The number of carboxylic acids is 1. The SMILES string of the molecule is COc1ccccc1C(=O)N1CC(C(=O)O)C(c2ccccc2)C1. The summed E-state index contributed by atoms with van der Waals surface area (Å²) in [5, 5.41) is 9.55. The van der Waals surface area contributed by atoms with E-state index in [0.29, 0.717) is 17.9 Å². The Morgan fingerprint density at radius 2 is 1.71 bits per heavy atom. The minimum absolute atomic E-state index is 0.197. The average molecular weight is 325 g/mol. The molecule has 2 unspecified atom stereocenters. The molecule has 1 N–H and O–H groups in total. The number of para-hydroxylation sites is 1. The van der Waals surface area contributed by atoms with Crippen molar-refractivity contribution in [3.63, 3.8) is 0 Å². The van der Waals surface area contributed by atoms with Gasteiger partial charge in [0.25, 0.3) is 5.91 Å². The first-order valence-corrected chi connectivity index (χ1v) is 7.82. The molecule has 0 radical (unpaired) electrons. The van der Waals surface area contributed by atoms with Crippen molar-refractivity contribution >= 4 is 11.9 Å². The number of rotatable bonds is 4. The van der Waals surface area contributed by atoms with E-state index >= 15 is 0 Å². The fraction of sp³-hybridized carbons (Fsp3) is 0.263. The van der Waals surface area contributed by atoms with Gasteiger partial charge in [0.2, 0.25) is 0 Å². The Morgan fingerprint density at radius 1 is 1.04 bits per heavy atom. The zero-order valence-electron chi connectivity index (χ0n) is 13.4. The Bertz CT molecular complexity index is 744. The maximum Gasteiger partial charge on any atom is 0.308 e. The molecule has 0 spiro atoms. The number of hydrogen-bond acceptors (Lipinski definition) is 3. The predicted molar refractivity (Wildman–Crippen MR) is 89.2 cm³/mol. The Labute approximate surface area is 140 Å². The Hall–Kier alpha value is -2.82. The number of likely N-dealkylation sites (tertiary alicyclic amines) is 1. The van der Waals surface area contributed by atoms with E-state index in [1.165, 1.54) is 7.11 Å². The van der Waals surface area contributed by atoms with Crippen molar-refractivity contribution in [1.29, 1.82) is 0 Å². The number of hydrogen-bond donors (Lipinski definition) is 1. The molecule has 3 rings (SSSR count). The number of carbonyl (C=O) groups is 2. The summed E-state index contributed by atoms with van der Waals surface area (Å²) in [6, 6.07) is 16.5. The number of amides is 1. The minimum Gasteiger partial charge on any atom is -0.496 e. The number of carbonyl (C=O) groups excluding carboxylic acids is 1. The molecule has 2 atom stereocenters. The Morgan fingerprint density at radius 3 is 2.38 bits per heavy atom. The zero-order chi connectivity index (χ0) is 17.1. The van der Waals surface area contributed by atoms with Crippen LogP contribution in [0.2, 0.25) is 0 Å². The monoisotopic (exact) mass is 325 g/mol. The van der Waals surface area contributed by atoms with E-state index in [1.54, 1.807) is 29.2 Å². The number of benzene rings is 2. The van der Waals surface area contributed by atoms with Gasteiger partial charge in [0.05, 0.1) is 18.6 Å². The van der Waals surface area contributed by atoms with E-state index in [1.807, 2.05) is 30.3 Å². The first-order valence-electron chi connectivity index (χ1n) is 7.82. The predicted octanol–water partition coefficient (Wildman–Crippen LogP) is 2.64. The number of methoxy groups -OCH3 is 1. The van der Waals surface area contributed by atoms with Crippen LogP contribution in [0.4, 0.5) is 0 Å². The maximum atomic E-state index is 12.8. The lowest BCUT2D eigenvalue weighted by Gasteiger charge is -2.18. The van der Waals surface area contributed by atoms with Gasteiger partial charge in [-0.25, -0.2) is 0 Å². The molecule has 2 aromatic rings. The highest BCUT2D eigenvalue weighted by Gasteiger charge is 2.41. The van der Waals surface area contributed by atoms with Crippen LogP contribution in [0.25, 0.3) is 0 Å². The Kier molecular flexibility index (Phi) is 4.51. The van der Waals surface area contributed by atoms with Crippen molar-refractivity contribution in [3.8, 4) is 5.75 Å². The summed E-state index contributed by atoms with van der Waals surface area (Å²) in [5.41, 5.74) is 1.40. The molecule has 2 aromatic carbocycles. The summed E-state index contributed by atoms with van der Waals surface area (Å²) in [7, 11) is 1.52. The summed E-state index contributed by atoms with van der Waals surface area (Å²) in [6.07, 6.45) is 0. The summed E-state index contributed by atoms with van der Waals surface area (Å²) in [5.74, 6) is -1.39. The van der Waals surface area contributed by atoms with Crippen LogP contribution in [0.15, 0.2) is 54.6 Å². The van der Waals surface area contributed by atoms with Crippen LogP contribution in [0.1, 0.15) is 21.8 Å². The van der Waals surface area contributed by atoms with Crippen LogP contribution in [0.5, 0.6) is 5.75 Å². The van der Waals surface area contributed by atoms with E-state index in [-0.39, 0.29) is 18.4 Å². The third-order valence-corrected chi connectivity index (χ3v) is 4.49. The van der Waals surface area contributed by atoms with E-state index in [2.05, 4.69) is 0 Å². The van der Waals surface area contributed by atoms with Crippen molar-refractivity contribution in [2.45, 2.75) is 5.92 Å². The second-order valence-electron chi connectivity index (χ2n) is 5.87. The van der Waals surface area contributed by atoms with Gasteiger partial charge in [0.1, 0.15) is 5.75 Å². The number of nitrogens with zero attached hydrogens (tertiary/aromatic N) is 1. The van der Waals surface area contributed by atoms with Crippen LogP contribution < -0.4 is 4.74 Å². The smallest absolute Gasteiger partial charge is 0.308 e. The highest BCUT2D eigenvalue weighted by Crippen LogP contribution is 2.34. The van der Waals surface area contributed by atoms with Gasteiger partial charge in [-0.15, -0.1) is 0 Å². The largest absolute Gasteiger partial charge is 0.496 e. The first-order chi connectivity index (χ1) is 11.6. The molecule has 1 amide bonds. The topological polar surface area (TPSA) is 66.8 Å². The van der Waals surface area contributed by atoms with Gasteiger partial charge in [-0.2, -0.15) is 0 Å². The van der Waals surface area contributed by atoms with Crippen molar-refractivity contribution in [1.82, 2.24) is 4.90 Å². The standard InChI is InChI=1S/C19H19NO4/c1-24-17-10-6-5-9-14(17)18(21)20-11-15(16(12-20)19(22)23)13-7-3-2-4-8-13/h2-10,15-16H,11-12H2,1H3,(H,22,23). The molecule has 0 aliphatic carbocycles. The summed E-state index contributed by atoms with van der Waals surface area (Å²) < 4.78 is 5.25. The van der Waals surface area contributed by atoms with E-state index in [4.69, 9.17) is 4.74 Å². The zero-order valence-corrected chi connectivity index (χ0v) is 13.4. The van der Waals surface area contributed by atoms with Crippen molar-refractivity contribution in [2.24, 2.45) is 5.92 Å². The molecular weight excluding hydrogens is 306 g/mol. The number of aliphatic carboxylic acids is 1. The summed E-state index contributed by atoms with van der Waals surface area (Å²) in [6.45, 7) is 0.587. The normalized spacial score (nSPS) is 20.0. The highest BCUT2D eigenvalue weighted by atomic mass is 16.5. The molecule has 1 aliphatic rings. The van der Waals surface area contributed by atoms with Gasteiger partial charge < -0.3 is 14.7 Å². The third kappa shape index (κ3) is 2.97. The molecule has 0 bridgehead atoms.